The van der Waals surface area contributed by atoms with Crippen molar-refractivity contribution in [3.63, 3.8) is 0 Å². The van der Waals surface area contributed by atoms with Gasteiger partial charge >= 0.3 is 0 Å². The molecule has 182 valence electrons. The van der Waals surface area contributed by atoms with Gasteiger partial charge in [-0.05, 0) is 57.2 Å². The largest absolute Gasteiger partial charge is 0.342 e. The van der Waals surface area contributed by atoms with Gasteiger partial charge in [-0.3, -0.25) is 14.5 Å². The zero-order chi connectivity index (χ0) is 23.7. The minimum absolute atomic E-state index is 0.00236. The molecule has 1 aliphatic carbocycles. The molecule has 2 saturated heterocycles. The summed E-state index contributed by atoms with van der Waals surface area (Å²) in [4.78, 5) is 31.2. The first kappa shape index (κ1) is 24.2. The smallest absolute Gasteiger partial charge is 0.223 e. The van der Waals surface area contributed by atoms with Gasteiger partial charge in [-0.2, -0.15) is 0 Å². The fourth-order valence-electron chi connectivity index (χ4n) is 6.00. The van der Waals surface area contributed by atoms with Crippen LogP contribution < -0.4 is 0 Å². The third-order valence-corrected chi connectivity index (χ3v) is 9.84. The van der Waals surface area contributed by atoms with Crippen LogP contribution in [0, 0.1) is 5.41 Å². The van der Waals surface area contributed by atoms with E-state index in [9.17, 15) is 18.0 Å². The molecule has 3 aliphatic rings. The Balaban J connectivity index is 1.29. The number of likely N-dealkylation sites (tertiary alicyclic amines) is 1. The van der Waals surface area contributed by atoms with Crippen molar-refractivity contribution in [3.8, 4) is 0 Å². The molecule has 2 heterocycles. The maximum absolute atomic E-state index is 12.8. The lowest BCUT2D eigenvalue weighted by Gasteiger charge is -2.48. The first-order valence-corrected chi connectivity index (χ1v) is 14.0. The Hall–Kier alpha value is -1.93. The Morgan fingerprint density at radius 2 is 1.67 bits per heavy atom. The molecule has 8 heteroatoms. The van der Waals surface area contributed by atoms with Crippen LogP contribution in [0.1, 0.15) is 50.5 Å². The number of rotatable bonds is 6. The van der Waals surface area contributed by atoms with Gasteiger partial charge in [0.15, 0.2) is 9.84 Å². The van der Waals surface area contributed by atoms with Gasteiger partial charge in [0.2, 0.25) is 11.8 Å². The van der Waals surface area contributed by atoms with E-state index in [1.807, 2.05) is 4.90 Å². The molecule has 2 amide bonds. The van der Waals surface area contributed by atoms with Crippen molar-refractivity contribution in [2.24, 2.45) is 5.41 Å². The van der Waals surface area contributed by atoms with Gasteiger partial charge in [-0.25, -0.2) is 8.42 Å². The Bertz CT molecular complexity index is 955. The van der Waals surface area contributed by atoms with Crippen LogP contribution in [0.25, 0.3) is 0 Å². The Kier molecular flexibility index (Phi) is 6.87. The molecule has 7 nitrogen and oxygen atoms in total. The zero-order valence-electron chi connectivity index (χ0n) is 20.0. The van der Waals surface area contributed by atoms with Crippen molar-refractivity contribution in [2.45, 2.75) is 50.5 Å². The fourth-order valence-corrected chi connectivity index (χ4v) is 7.20. The van der Waals surface area contributed by atoms with E-state index >= 15 is 0 Å². The number of amides is 2. The molecule has 1 spiro atoms. The molecule has 1 aromatic carbocycles. The molecule has 33 heavy (non-hydrogen) atoms. The summed E-state index contributed by atoms with van der Waals surface area (Å²) >= 11 is 0. The Morgan fingerprint density at radius 3 is 2.27 bits per heavy atom. The first-order chi connectivity index (χ1) is 15.6. The average Bonchev–Trinajstić information content (AvgIpc) is 3.09. The van der Waals surface area contributed by atoms with Crippen LogP contribution >= 0.6 is 0 Å². The predicted molar refractivity (Wildman–Crippen MR) is 128 cm³/mol. The molecule has 0 aromatic heterocycles. The molecule has 1 aromatic rings. The maximum atomic E-state index is 12.8. The summed E-state index contributed by atoms with van der Waals surface area (Å²) in [6.45, 7) is 1.99. The normalized spacial score (nSPS) is 29.7. The molecule has 3 fully saturated rings. The molecule has 0 N–H and O–H groups in total. The van der Waals surface area contributed by atoms with Crippen LogP contribution in [0.4, 0.5) is 0 Å². The van der Waals surface area contributed by atoms with E-state index in [0.717, 1.165) is 32.2 Å². The average molecular weight is 476 g/mol. The molecular formula is C25H37N3O4S. The zero-order valence-corrected chi connectivity index (χ0v) is 20.8. The van der Waals surface area contributed by atoms with E-state index in [1.165, 1.54) is 5.56 Å². The predicted octanol–water partition coefficient (Wildman–Crippen LogP) is 2.27. The van der Waals surface area contributed by atoms with Gasteiger partial charge in [-0.15, -0.1) is 0 Å². The molecule has 2 aliphatic heterocycles. The SMILES string of the molecule is CN(C)[C@]1(c2ccccc2)CC[C@@]2(CC1)CC(=O)N(CCCC(=O)N1CCS(=O)(=O)CC1)C2. The number of carbonyl (C=O) groups is 2. The monoisotopic (exact) mass is 475 g/mol. The van der Waals surface area contributed by atoms with E-state index in [1.54, 1.807) is 4.90 Å². The van der Waals surface area contributed by atoms with Crippen molar-refractivity contribution in [3.05, 3.63) is 35.9 Å². The van der Waals surface area contributed by atoms with E-state index in [0.29, 0.717) is 38.9 Å². The van der Waals surface area contributed by atoms with Crippen molar-refractivity contribution in [2.75, 3.05) is 51.8 Å². The Labute approximate surface area is 198 Å². The second-order valence-electron chi connectivity index (χ2n) is 10.4. The second-order valence-corrected chi connectivity index (χ2v) is 12.7. The molecule has 0 atom stereocenters. The quantitative estimate of drug-likeness (QED) is 0.631. The van der Waals surface area contributed by atoms with Gasteiger partial charge in [-0.1, -0.05) is 30.3 Å². The summed E-state index contributed by atoms with van der Waals surface area (Å²) in [6.07, 6.45) is 5.77. The number of hydrogen-bond donors (Lipinski definition) is 0. The van der Waals surface area contributed by atoms with E-state index in [2.05, 4.69) is 49.3 Å². The summed E-state index contributed by atoms with van der Waals surface area (Å²) in [6, 6.07) is 10.7. The van der Waals surface area contributed by atoms with Crippen LogP contribution in [0.15, 0.2) is 30.3 Å². The number of nitrogens with zero attached hydrogens (tertiary/aromatic N) is 3. The maximum Gasteiger partial charge on any atom is 0.223 e. The van der Waals surface area contributed by atoms with Gasteiger partial charge < -0.3 is 9.80 Å². The molecule has 0 radical (unpaired) electrons. The van der Waals surface area contributed by atoms with E-state index in [-0.39, 0.29) is 34.3 Å². The highest BCUT2D eigenvalue weighted by Gasteiger charge is 2.50. The van der Waals surface area contributed by atoms with E-state index < -0.39 is 9.84 Å². The highest BCUT2D eigenvalue weighted by Crippen LogP contribution is 2.52. The van der Waals surface area contributed by atoms with Crippen LogP contribution in [-0.4, -0.2) is 86.7 Å². The Morgan fingerprint density at radius 1 is 1.03 bits per heavy atom. The number of sulfone groups is 1. The van der Waals surface area contributed by atoms with Crippen LogP contribution in [-0.2, 0) is 25.0 Å². The topological polar surface area (TPSA) is 78.0 Å². The second kappa shape index (κ2) is 9.37. The minimum Gasteiger partial charge on any atom is -0.342 e. The van der Waals surface area contributed by atoms with Crippen molar-refractivity contribution in [1.29, 1.82) is 0 Å². The summed E-state index contributed by atoms with van der Waals surface area (Å²) in [5, 5.41) is 0. The molecule has 0 unspecified atom stereocenters. The standard InChI is InChI=1S/C25H37N3O4S/c1-26(2)25(21-7-4-3-5-8-21)12-10-24(11-13-25)19-23(30)28(20-24)14-6-9-22(29)27-15-17-33(31,32)18-16-27/h3-5,7-8H,6,9-20H2,1-2H3/t24-,25-. The van der Waals surface area contributed by atoms with Gasteiger partial charge in [0.25, 0.3) is 0 Å². The number of hydrogen-bond acceptors (Lipinski definition) is 5. The van der Waals surface area contributed by atoms with Crippen molar-refractivity contribution >= 4 is 21.7 Å². The van der Waals surface area contributed by atoms with Crippen molar-refractivity contribution in [1.82, 2.24) is 14.7 Å². The number of benzene rings is 1. The molecule has 4 rings (SSSR count). The third-order valence-electron chi connectivity index (χ3n) is 8.23. The van der Waals surface area contributed by atoms with Gasteiger partial charge in [0.05, 0.1) is 11.5 Å². The fraction of sp³-hybridized carbons (Fsp3) is 0.680. The molecule has 0 bridgehead atoms. The van der Waals surface area contributed by atoms with Gasteiger partial charge in [0, 0.05) is 44.6 Å². The summed E-state index contributed by atoms with van der Waals surface area (Å²) in [5.74, 6) is 0.332. The van der Waals surface area contributed by atoms with Crippen LogP contribution in [0.3, 0.4) is 0 Å². The lowest BCUT2D eigenvalue weighted by Crippen LogP contribution is -2.47. The lowest BCUT2D eigenvalue weighted by atomic mass is 9.64. The summed E-state index contributed by atoms with van der Waals surface area (Å²) < 4.78 is 23.1. The highest BCUT2D eigenvalue weighted by molar-refractivity contribution is 7.91. The first-order valence-electron chi connectivity index (χ1n) is 12.1. The minimum atomic E-state index is -2.99. The lowest BCUT2D eigenvalue weighted by molar-refractivity contribution is -0.132. The van der Waals surface area contributed by atoms with Crippen molar-refractivity contribution < 1.29 is 18.0 Å². The third kappa shape index (κ3) is 5.11. The number of carbonyl (C=O) groups excluding carboxylic acids is 2. The van der Waals surface area contributed by atoms with E-state index in [4.69, 9.17) is 0 Å². The summed E-state index contributed by atoms with van der Waals surface area (Å²) in [7, 11) is 1.33. The molecule has 1 saturated carbocycles. The molecular weight excluding hydrogens is 438 g/mol. The highest BCUT2D eigenvalue weighted by atomic mass is 32.2. The summed E-state index contributed by atoms with van der Waals surface area (Å²) in [5.41, 5.74) is 1.43. The van der Waals surface area contributed by atoms with Gasteiger partial charge in [0.1, 0.15) is 0 Å². The van der Waals surface area contributed by atoms with Crippen LogP contribution in [0.2, 0.25) is 0 Å². The van der Waals surface area contributed by atoms with Crippen LogP contribution in [0.5, 0.6) is 0 Å².